The van der Waals surface area contributed by atoms with E-state index in [1.165, 1.54) is 24.3 Å². The third kappa shape index (κ3) is 2.06. The first-order valence-electron chi connectivity index (χ1n) is 4.53. The highest BCUT2D eigenvalue weighted by Gasteiger charge is 2.17. The fraction of sp³-hybridized carbons (Fsp3) is 0.556. The number of rotatable bonds is 1. The monoisotopic (exact) mass is 260 g/mol. The average molecular weight is 261 g/mol. The summed E-state index contributed by atoms with van der Waals surface area (Å²) in [5.74, 6) is 0.673. The normalized spacial score (nSPS) is 23.3. The molecule has 0 amide bonds. The molecule has 1 aromatic rings. The van der Waals surface area contributed by atoms with Gasteiger partial charge in [0, 0.05) is 17.3 Å². The molecule has 13 heavy (non-hydrogen) atoms. The zero-order valence-corrected chi connectivity index (χ0v) is 9.75. The second-order valence-corrected chi connectivity index (χ2v) is 5.82. The fourth-order valence-corrected chi connectivity index (χ4v) is 3.31. The molecular formula is C9H13BrN2S. The summed E-state index contributed by atoms with van der Waals surface area (Å²) < 4.78 is 1.08. The number of halogens is 1. The van der Waals surface area contributed by atoms with Gasteiger partial charge >= 0.3 is 0 Å². The standard InChI is InChI=1S/C9H13BrN2S/c10-9-7(11)4-8(13-9)6-2-1-3-12-5-6/h4,6,12H,1-3,5,11H2. The Morgan fingerprint density at radius 3 is 3.00 bits per heavy atom. The summed E-state index contributed by atoms with van der Waals surface area (Å²) in [5, 5.41) is 3.41. The number of nitrogen functional groups attached to an aromatic ring is 1. The molecule has 0 aliphatic carbocycles. The van der Waals surface area contributed by atoms with Crippen molar-refractivity contribution in [2.75, 3.05) is 18.8 Å². The number of piperidine rings is 1. The predicted octanol–water partition coefficient (Wildman–Crippen LogP) is 2.56. The van der Waals surface area contributed by atoms with E-state index in [2.05, 4.69) is 27.3 Å². The highest BCUT2D eigenvalue weighted by Crippen LogP contribution is 2.36. The summed E-state index contributed by atoms with van der Waals surface area (Å²) in [6.07, 6.45) is 2.57. The van der Waals surface area contributed by atoms with Gasteiger partial charge < -0.3 is 11.1 Å². The van der Waals surface area contributed by atoms with Crippen LogP contribution < -0.4 is 11.1 Å². The van der Waals surface area contributed by atoms with Gasteiger partial charge in [0.1, 0.15) is 0 Å². The number of nitrogens with one attached hydrogen (secondary N) is 1. The summed E-state index contributed by atoms with van der Waals surface area (Å²) in [7, 11) is 0. The molecule has 1 aliphatic rings. The van der Waals surface area contributed by atoms with Crippen molar-refractivity contribution in [2.24, 2.45) is 0 Å². The van der Waals surface area contributed by atoms with Crippen molar-refractivity contribution < 1.29 is 0 Å². The third-order valence-corrected chi connectivity index (χ3v) is 4.48. The van der Waals surface area contributed by atoms with Crippen molar-refractivity contribution >= 4 is 33.0 Å². The Bertz CT molecular complexity index is 272. The van der Waals surface area contributed by atoms with E-state index in [1.54, 1.807) is 11.3 Å². The van der Waals surface area contributed by atoms with E-state index < -0.39 is 0 Å². The fourth-order valence-electron chi connectivity index (χ4n) is 1.70. The van der Waals surface area contributed by atoms with E-state index >= 15 is 0 Å². The number of hydrogen-bond donors (Lipinski definition) is 2. The van der Waals surface area contributed by atoms with E-state index in [9.17, 15) is 0 Å². The minimum Gasteiger partial charge on any atom is -0.397 e. The first-order valence-corrected chi connectivity index (χ1v) is 6.14. The van der Waals surface area contributed by atoms with Crippen LogP contribution in [0, 0.1) is 0 Å². The van der Waals surface area contributed by atoms with Gasteiger partial charge in [0.2, 0.25) is 0 Å². The lowest BCUT2D eigenvalue weighted by molar-refractivity contribution is 0.466. The van der Waals surface area contributed by atoms with Gasteiger partial charge in [0.15, 0.2) is 0 Å². The highest BCUT2D eigenvalue weighted by molar-refractivity contribution is 9.11. The van der Waals surface area contributed by atoms with E-state index in [0.29, 0.717) is 5.92 Å². The molecule has 0 radical (unpaired) electrons. The van der Waals surface area contributed by atoms with Gasteiger partial charge in [-0.05, 0) is 41.4 Å². The molecule has 1 aromatic heterocycles. The topological polar surface area (TPSA) is 38.0 Å². The van der Waals surface area contributed by atoms with Crippen LogP contribution in [-0.4, -0.2) is 13.1 Å². The molecule has 1 saturated heterocycles. The molecule has 1 atom stereocenters. The number of thiophene rings is 1. The van der Waals surface area contributed by atoms with Gasteiger partial charge in [-0.3, -0.25) is 0 Å². The van der Waals surface area contributed by atoms with Crippen LogP contribution in [0.3, 0.4) is 0 Å². The van der Waals surface area contributed by atoms with E-state index in [4.69, 9.17) is 5.73 Å². The number of nitrogens with two attached hydrogens (primary N) is 1. The maximum Gasteiger partial charge on any atom is 0.0930 e. The van der Waals surface area contributed by atoms with Crippen LogP contribution >= 0.6 is 27.3 Å². The Morgan fingerprint density at radius 1 is 1.62 bits per heavy atom. The molecule has 0 spiro atoms. The molecule has 1 fully saturated rings. The molecule has 1 aliphatic heterocycles. The highest BCUT2D eigenvalue weighted by atomic mass is 79.9. The number of hydrogen-bond acceptors (Lipinski definition) is 3. The maximum absolute atomic E-state index is 5.79. The molecule has 2 nitrogen and oxygen atoms in total. The van der Waals surface area contributed by atoms with Crippen molar-refractivity contribution in [1.29, 1.82) is 0 Å². The van der Waals surface area contributed by atoms with Crippen LogP contribution in [0.25, 0.3) is 0 Å². The van der Waals surface area contributed by atoms with Gasteiger partial charge in [0.05, 0.1) is 9.47 Å². The van der Waals surface area contributed by atoms with Crippen LogP contribution in [0.4, 0.5) is 5.69 Å². The zero-order chi connectivity index (χ0) is 9.26. The lowest BCUT2D eigenvalue weighted by Crippen LogP contribution is -2.27. The number of anilines is 1. The Hall–Kier alpha value is -0.0600. The van der Waals surface area contributed by atoms with E-state index in [0.717, 1.165) is 16.0 Å². The van der Waals surface area contributed by atoms with Gasteiger partial charge in [-0.25, -0.2) is 0 Å². The smallest absolute Gasteiger partial charge is 0.0930 e. The SMILES string of the molecule is Nc1cc(C2CCCNC2)sc1Br. The maximum atomic E-state index is 5.79. The Labute approximate surface area is 90.6 Å². The minimum atomic E-state index is 0.673. The summed E-state index contributed by atoms with van der Waals surface area (Å²) >= 11 is 5.23. The van der Waals surface area contributed by atoms with Crippen LogP contribution in [0.5, 0.6) is 0 Å². The molecule has 1 unspecified atom stereocenters. The zero-order valence-electron chi connectivity index (χ0n) is 7.35. The van der Waals surface area contributed by atoms with Gasteiger partial charge in [-0.2, -0.15) is 0 Å². The molecular weight excluding hydrogens is 248 g/mol. The van der Waals surface area contributed by atoms with Crippen LogP contribution in [0.15, 0.2) is 9.85 Å². The molecule has 4 heteroatoms. The summed E-state index contributed by atoms with van der Waals surface area (Å²) in [4.78, 5) is 1.41. The molecule has 2 heterocycles. The first-order chi connectivity index (χ1) is 6.27. The lowest BCUT2D eigenvalue weighted by atomic mass is 9.98. The second kappa shape index (κ2) is 3.98. The van der Waals surface area contributed by atoms with Crippen molar-refractivity contribution in [2.45, 2.75) is 18.8 Å². The second-order valence-electron chi connectivity index (χ2n) is 3.42. The summed E-state index contributed by atoms with van der Waals surface area (Å²) in [5.41, 5.74) is 6.67. The van der Waals surface area contributed by atoms with Crippen LogP contribution in [0.1, 0.15) is 23.6 Å². The Morgan fingerprint density at radius 2 is 2.46 bits per heavy atom. The third-order valence-electron chi connectivity index (χ3n) is 2.43. The van der Waals surface area contributed by atoms with Crippen molar-refractivity contribution in [3.05, 3.63) is 14.7 Å². The van der Waals surface area contributed by atoms with Gasteiger partial charge in [-0.1, -0.05) is 0 Å². The van der Waals surface area contributed by atoms with Gasteiger partial charge in [-0.15, -0.1) is 11.3 Å². The molecule has 0 saturated carbocycles. The lowest BCUT2D eigenvalue weighted by Gasteiger charge is -2.21. The Balaban J connectivity index is 2.14. The van der Waals surface area contributed by atoms with Crippen molar-refractivity contribution in [3.63, 3.8) is 0 Å². The molecule has 0 aromatic carbocycles. The first kappa shape index (κ1) is 9.49. The van der Waals surface area contributed by atoms with Gasteiger partial charge in [0.25, 0.3) is 0 Å². The molecule has 0 bridgehead atoms. The summed E-state index contributed by atoms with van der Waals surface area (Å²) in [6.45, 7) is 2.27. The van der Waals surface area contributed by atoms with E-state index in [1.807, 2.05) is 0 Å². The van der Waals surface area contributed by atoms with Crippen molar-refractivity contribution in [1.82, 2.24) is 5.32 Å². The molecule has 72 valence electrons. The van der Waals surface area contributed by atoms with Crippen LogP contribution in [0.2, 0.25) is 0 Å². The summed E-state index contributed by atoms with van der Waals surface area (Å²) in [6, 6.07) is 2.10. The Kier molecular flexibility index (Phi) is 2.91. The predicted molar refractivity (Wildman–Crippen MR) is 61.3 cm³/mol. The average Bonchev–Trinajstić information content (AvgIpc) is 2.49. The van der Waals surface area contributed by atoms with Crippen molar-refractivity contribution in [3.8, 4) is 0 Å². The molecule has 2 rings (SSSR count). The largest absolute Gasteiger partial charge is 0.397 e. The molecule has 3 N–H and O–H groups in total. The van der Waals surface area contributed by atoms with Crippen LogP contribution in [-0.2, 0) is 0 Å². The van der Waals surface area contributed by atoms with E-state index in [-0.39, 0.29) is 0 Å². The quantitative estimate of drug-likeness (QED) is 0.815. The minimum absolute atomic E-state index is 0.673.